The van der Waals surface area contributed by atoms with E-state index in [9.17, 15) is 18.5 Å². The maximum Gasteiger partial charge on any atom is 0.272 e. The fraction of sp³-hybridized carbons (Fsp3) is 0.400. The molecule has 7 heteroatoms. The molecule has 0 aliphatic rings. The Morgan fingerprint density at radius 2 is 2.00 bits per heavy atom. The topological polar surface area (TPSA) is 77.3 Å². The summed E-state index contributed by atoms with van der Waals surface area (Å²) in [6, 6.07) is 6.17. The molecule has 1 aromatic rings. The van der Waals surface area contributed by atoms with Gasteiger partial charge in [-0.25, -0.2) is 8.42 Å². The second-order valence-corrected chi connectivity index (χ2v) is 6.58. The molecule has 0 heterocycles. The van der Waals surface area contributed by atoms with E-state index in [4.69, 9.17) is 11.6 Å². The second kappa shape index (κ2) is 5.46. The Hall–Kier alpha value is -1.14. The second-order valence-electron chi connectivity index (χ2n) is 3.78. The van der Waals surface area contributed by atoms with Crippen LogP contribution in [0.3, 0.4) is 0 Å². The van der Waals surface area contributed by atoms with Gasteiger partial charge in [-0.1, -0.05) is 18.2 Å². The van der Waals surface area contributed by atoms with Crippen molar-refractivity contribution < 1.29 is 13.3 Å². The molecular weight excluding hydrogens is 266 g/mol. The van der Waals surface area contributed by atoms with E-state index >= 15 is 0 Å². The van der Waals surface area contributed by atoms with Gasteiger partial charge in [0.2, 0.25) is 0 Å². The van der Waals surface area contributed by atoms with Crippen LogP contribution in [0.4, 0.5) is 5.69 Å². The van der Waals surface area contributed by atoms with Crippen LogP contribution in [-0.2, 0) is 16.3 Å². The predicted octanol–water partition coefficient (Wildman–Crippen LogP) is 1.79. The molecule has 0 radical (unpaired) electrons. The van der Waals surface area contributed by atoms with Crippen LogP contribution in [0, 0.1) is 10.1 Å². The molecule has 0 aliphatic heterocycles. The number of nitro benzene ring substituents is 1. The average Bonchev–Trinajstić information content (AvgIpc) is 2.14. The molecule has 0 bridgehead atoms. The first kappa shape index (κ1) is 13.9. The molecule has 5 nitrogen and oxygen atoms in total. The van der Waals surface area contributed by atoms with Crippen molar-refractivity contribution in [2.45, 2.75) is 11.8 Å². The molecule has 1 unspecified atom stereocenters. The van der Waals surface area contributed by atoms with Crippen molar-refractivity contribution in [2.24, 2.45) is 0 Å². The SMILES string of the molecule is CS(=O)(=O)CC(Cl)Cc1ccccc1[N+](=O)[O-]. The van der Waals surface area contributed by atoms with Gasteiger partial charge in [0.1, 0.15) is 9.84 Å². The minimum atomic E-state index is -3.18. The fourth-order valence-electron chi connectivity index (χ4n) is 1.49. The highest BCUT2D eigenvalue weighted by atomic mass is 35.5. The van der Waals surface area contributed by atoms with Crippen LogP contribution in [-0.4, -0.2) is 30.7 Å². The summed E-state index contributed by atoms with van der Waals surface area (Å²) in [6.45, 7) is 0. The van der Waals surface area contributed by atoms with Gasteiger partial charge in [0, 0.05) is 17.9 Å². The van der Waals surface area contributed by atoms with Crippen LogP contribution >= 0.6 is 11.6 Å². The first-order valence-electron chi connectivity index (χ1n) is 4.83. The number of sulfone groups is 1. The Kier molecular flexibility index (Phi) is 4.47. The predicted molar refractivity (Wildman–Crippen MR) is 66.2 cm³/mol. The maximum atomic E-state index is 11.0. The van der Waals surface area contributed by atoms with Crippen LogP contribution in [0.1, 0.15) is 5.56 Å². The minimum Gasteiger partial charge on any atom is -0.258 e. The minimum absolute atomic E-state index is 0.0355. The first-order chi connectivity index (χ1) is 7.79. The number of rotatable bonds is 5. The molecule has 0 N–H and O–H groups in total. The van der Waals surface area contributed by atoms with E-state index in [1.165, 1.54) is 6.07 Å². The van der Waals surface area contributed by atoms with Gasteiger partial charge in [0.25, 0.3) is 5.69 Å². The van der Waals surface area contributed by atoms with Crippen LogP contribution in [0.25, 0.3) is 0 Å². The molecule has 0 aromatic heterocycles. The number of nitrogens with zero attached hydrogens (tertiary/aromatic N) is 1. The largest absolute Gasteiger partial charge is 0.272 e. The Morgan fingerprint density at radius 3 is 2.53 bits per heavy atom. The lowest BCUT2D eigenvalue weighted by Gasteiger charge is -2.08. The highest BCUT2D eigenvalue weighted by molar-refractivity contribution is 7.90. The Morgan fingerprint density at radius 1 is 1.41 bits per heavy atom. The number of nitro groups is 1. The summed E-state index contributed by atoms with van der Waals surface area (Å²) in [6.07, 6.45) is 1.24. The molecule has 0 spiro atoms. The van der Waals surface area contributed by atoms with E-state index in [2.05, 4.69) is 0 Å². The zero-order valence-electron chi connectivity index (χ0n) is 9.17. The van der Waals surface area contributed by atoms with Gasteiger partial charge in [-0.05, 0) is 6.42 Å². The third kappa shape index (κ3) is 4.70. The lowest BCUT2D eigenvalue weighted by Crippen LogP contribution is -2.17. The summed E-state index contributed by atoms with van der Waals surface area (Å²) in [5.41, 5.74) is 0.410. The molecule has 0 amide bonds. The van der Waals surface area contributed by atoms with Crippen LogP contribution < -0.4 is 0 Å². The average molecular weight is 278 g/mol. The number of hydrogen-bond donors (Lipinski definition) is 0. The number of benzene rings is 1. The van der Waals surface area contributed by atoms with E-state index in [-0.39, 0.29) is 17.9 Å². The molecule has 0 saturated carbocycles. The standard InChI is InChI=1S/C10H12ClNO4S/c1-17(15,16)7-9(11)6-8-4-2-3-5-10(8)12(13)14/h2-5,9H,6-7H2,1H3. The summed E-state index contributed by atoms with van der Waals surface area (Å²) >= 11 is 5.87. The highest BCUT2D eigenvalue weighted by Gasteiger charge is 2.18. The number of hydrogen-bond acceptors (Lipinski definition) is 4. The van der Waals surface area contributed by atoms with Crippen molar-refractivity contribution >= 4 is 27.1 Å². The summed E-state index contributed by atoms with van der Waals surface area (Å²) in [4.78, 5) is 10.2. The smallest absolute Gasteiger partial charge is 0.258 e. The van der Waals surface area contributed by atoms with E-state index in [0.717, 1.165) is 6.26 Å². The van der Waals surface area contributed by atoms with Gasteiger partial charge in [0.05, 0.1) is 16.1 Å². The van der Waals surface area contributed by atoms with Gasteiger partial charge >= 0.3 is 0 Å². The monoisotopic (exact) mass is 277 g/mol. The summed E-state index contributed by atoms with van der Waals surface area (Å²) in [5, 5.41) is 10.1. The van der Waals surface area contributed by atoms with Crippen molar-refractivity contribution in [3.05, 3.63) is 39.9 Å². The molecule has 0 aliphatic carbocycles. The fourth-order valence-corrected chi connectivity index (χ4v) is 3.12. The van der Waals surface area contributed by atoms with Gasteiger partial charge < -0.3 is 0 Å². The Balaban J connectivity index is 2.85. The van der Waals surface area contributed by atoms with E-state index in [1.54, 1.807) is 18.2 Å². The lowest BCUT2D eigenvalue weighted by atomic mass is 10.1. The van der Waals surface area contributed by atoms with Crippen molar-refractivity contribution in [3.8, 4) is 0 Å². The van der Waals surface area contributed by atoms with Crippen LogP contribution in [0.2, 0.25) is 0 Å². The third-order valence-corrected chi connectivity index (χ3v) is 3.61. The Labute approximate surface area is 104 Å². The van der Waals surface area contributed by atoms with E-state index in [0.29, 0.717) is 5.56 Å². The van der Waals surface area contributed by atoms with Crippen molar-refractivity contribution in [2.75, 3.05) is 12.0 Å². The lowest BCUT2D eigenvalue weighted by molar-refractivity contribution is -0.385. The third-order valence-electron chi connectivity index (χ3n) is 2.11. The molecule has 1 atom stereocenters. The normalized spacial score (nSPS) is 13.3. The summed E-state index contributed by atoms with van der Waals surface area (Å²) < 4.78 is 22.1. The Bertz CT molecular complexity index is 515. The van der Waals surface area contributed by atoms with Gasteiger partial charge in [0.15, 0.2) is 0 Å². The highest BCUT2D eigenvalue weighted by Crippen LogP contribution is 2.21. The number of para-hydroxylation sites is 1. The van der Waals surface area contributed by atoms with Crippen molar-refractivity contribution in [1.29, 1.82) is 0 Å². The molecule has 0 saturated heterocycles. The summed E-state index contributed by atoms with van der Waals surface area (Å²) in [7, 11) is -3.18. The van der Waals surface area contributed by atoms with Crippen molar-refractivity contribution in [3.63, 3.8) is 0 Å². The van der Waals surface area contributed by atoms with Crippen LogP contribution in [0.15, 0.2) is 24.3 Å². The van der Waals surface area contributed by atoms with Gasteiger partial charge in [-0.15, -0.1) is 11.6 Å². The quantitative estimate of drug-likeness (QED) is 0.467. The van der Waals surface area contributed by atoms with E-state index in [1.807, 2.05) is 0 Å². The number of alkyl halides is 1. The maximum absolute atomic E-state index is 11.0. The zero-order chi connectivity index (χ0) is 13.1. The molecule has 0 fully saturated rings. The molecule has 17 heavy (non-hydrogen) atoms. The van der Waals surface area contributed by atoms with Crippen LogP contribution in [0.5, 0.6) is 0 Å². The van der Waals surface area contributed by atoms with Gasteiger partial charge in [-0.2, -0.15) is 0 Å². The van der Waals surface area contributed by atoms with Crippen molar-refractivity contribution in [1.82, 2.24) is 0 Å². The van der Waals surface area contributed by atoms with Gasteiger partial charge in [-0.3, -0.25) is 10.1 Å². The molecule has 1 rings (SSSR count). The first-order valence-corrected chi connectivity index (χ1v) is 7.33. The molecular formula is C10H12ClNO4S. The molecule has 1 aromatic carbocycles. The molecule has 94 valence electrons. The number of halogens is 1. The zero-order valence-corrected chi connectivity index (χ0v) is 10.7. The van der Waals surface area contributed by atoms with E-state index < -0.39 is 20.1 Å². The summed E-state index contributed by atoms with van der Waals surface area (Å²) in [5.74, 6) is -0.194.